The van der Waals surface area contributed by atoms with Crippen LogP contribution >= 0.6 is 0 Å². The minimum absolute atomic E-state index is 0.543. The van der Waals surface area contributed by atoms with Gasteiger partial charge in [-0.15, -0.1) is 0 Å². The lowest BCUT2D eigenvalue weighted by Crippen LogP contribution is -2.37. The second-order valence-corrected chi connectivity index (χ2v) is 4.80. The minimum atomic E-state index is -1.23. The van der Waals surface area contributed by atoms with Crippen molar-refractivity contribution in [3.05, 3.63) is 48.5 Å². The van der Waals surface area contributed by atoms with Crippen LogP contribution in [-0.2, 0) is 11.3 Å². The largest absolute Gasteiger partial charge is 0.478 e. The van der Waals surface area contributed by atoms with Gasteiger partial charge in [0.25, 0.3) is 0 Å². The van der Waals surface area contributed by atoms with Crippen molar-refractivity contribution in [2.75, 3.05) is 0 Å². The molecule has 19 heavy (non-hydrogen) atoms. The fourth-order valence-corrected chi connectivity index (χ4v) is 1.59. The number of benzene rings is 1. The van der Waals surface area contributed by atoms with E-state index < -0.39 is 11.6 Å². The number of carboxylic acid groups (broad SMARTS) is 1. The van der Waals surface area contributed by atoms with Crippen LogP contribution in [0.25, 0.3) is 0 Å². The van der Waals surface area contributed by atoms with Crippen molar-refractivity contribution in [1.29, 1.82) is 0 Å². The molecular formula is C14H16N2O3. The van der Waals surface area contributed by atoms with Gasteiger partial charge in [0.2, 0.25) is 0 Å². The summed E-state index contributed by atoms with van der Waals surface area (Å²) in [5, 5.41) is 8.99. The van der Waals surface area contributed by atoms with E-state index in [9.17, 15) is 4.79 Å². The Bertz CT molecular complexity index is 545. The van der Waals surface area contributed by atoms with Crippen LogP contribution in [0.2, 0.25) is 0 Å². The maximum Gasteiger partial charge on any atom is 0.347 e. The van der Waals surface area contributed by atoms with Crippen LogP contribution < -0.4 is 4.74 Å². The summed E-state index contributed by atoms with van der Waals surface area (Å²) < 4.78 is 7.39. The number of carbonyl (C=O) groups is 1. The zero-order valence-corrected chi connectivity index (χ0v) is 10.9. The predicted molar refractivity (Wildman–Crippen MR) is 70.1 cm³/mol. The molecule has 1 aromatic carbocycles. The number of aliphatic carboxylic acids is 1. The van der Waals surface area contributed by atoms with Crippen LogP contribution in [0.4, 0.5) is 0 Å². The second-order valence-electron chi connectivity index (χ2n) is 4.80. The molecule has 1 aromatic heterocycles. The highest BCUT2D eigenvalue weighted by Crippen LogP contribution is 2.19. The van der Waals surface area contributed by atoms with Crippen molar-refractivity contribution in [1.82, 2.24) is 9.55 Å². The van der Waals surface area contributed by atoms with Gasteiger partial charge < -0.3 is 14.4 Å². The third kappa shape index (κ3) is 3.34. The monoisotopic (exact) mass is 260 g/mol. The molecule has 5 heteroatoms. The second kappa shape index (κ2) is 5.14. The standard InChI is InChI=1S/C14H16N2O3/c1-14(2,13(17)18)19-12-5-3-11(4-6-12)9-16-8-7-15-10-16/h3-8,10H,9H2,1-2H3,(H,17,18). The van der Waals surface area contributed by atoms with Crippen molar-refractivity contribution in [3.63, 3.8) is 0 Å². The first kappa shape index (κ1) is 13.1. The van der Waals surface area contributed by atoms with Crippen LogP contribution in [0.5, 0.6) is 5.75 Å². The van der Waals surface area contributed by atoms with Crippen LogP contribution in [-0.4, -0.2) is 26.2 Å². The van der Waals surface area contributed by atoms with E-state index in [0.717, 1.165) is 12.1 Å². The zero-order valence-electron chi connectivity index (χ0n) is 10.9. The van der Waals surface area contributed by atoms with E-state index in [2.05, 4.69) is 4.98 Å². The molecule has 0 aliphatic rings. The lowest BCUT2D eigenvalue weighted by Gasteiger charge is -2.21. The fraction of sp³-hybridized carbons (Fsp3) is 0.286. The highest BCUT2D eigenvalue weighted by molar-refractivity contribution is 5.76. The number of hydrogen-bond donors (Lipinski definition) is 1. The van der Waals surface area contributed by atoms with E-state index in [-0.39, 0.29) is 0 Å². The smallest absolute Gasteiger partial charge is 0.347 e. The van der Waals surface area contributed by atoms with Gasteiger partial charge in [-0.1, -0.05) is 12.1 Å². The van der Waals surface area contributed by atoms with Gasteiger partial charge >= 0.3 is 5.97 Å². The third-order valence-corrected chi connectivity index (χ3v) is 2.74. The van der Waals surface area contributed by atoms with E-state index in [1.807, 2.05) is 22.9 Å². The van der Waals surface area contributed by atoms with Gasteiger partial charge in [-0.3, -0.25) is 0 Å². The molecule has 0 saturated carbocycles. The average molecular weight is 260 g/mol. The number of aromatic nitrogens is 2. The molecule has 2 aromatic rings. The number of imidazole rings is 1. The first-order valence-corrected chi connectivity index (χ1v) is 5.94. The van der Waals surface area contributed by atoms with Crippen molar-refractivity contribution < 1.29 is 14.6 Å². The van der Waals surface area contributed by atoms with Gasteiger partial charge in [0.05, 0.1) is 6.33 Å². The third-order valence-electron chi connectivity index (χ3n) is 2.74. The molecule has 0 aliphatic carbocycles. The summed E-state index contributed by atoms with van der Waals surface area (Å²) >= 11 is 0. The molecule has 0 fully saturated rings. The molecule has 100 valence electrons. The average Bonchev–Trinajstić information content (AvgIpc) is 2.84. The van der Waals surface area contributed by atoms with Gasteiger partial charge in [-0.25, -0.2) is 9.78 Å². The number of rotatable bonds is 5. The number of hydrogen-bond acceptors (Lipinski definition) is 3. The maximum absolute atomic E-state index is 11.0. The summed E-state index contributed by atoms with van der Waals surface area (Å²) in [6.07, 6.45) is 5.36. The van der Waals surface area contributed by atoms with Gasteiger partial charge in [0.1, 0.15) is 5.75 Å². The first-order chi connectivity index (χ1) is 8.97. The summed E-state index contributed by atoms with van der Waals surface area (Å²) in [5.74, 6) is -0.447. The molecule has 5 nitrogen and oxygen atoms in total. The van der Waals surface area contributed by atoms with Crippen molar-refractivity contribution >= 4 is 5.97 Å². The Balaban J connectivity index is 2.04. The number of nitrogens with zero attached hydrogens (tertiary/aromatic N) is 2. The van der Waals surface area contributed by atoms with Crippen molar-refractivity contribution in [2.24, 2.45) is 0 Å². The lowest BCUT2D eigenvalue weighted by atomic mass is 10.1. The maximum atomic E-state index is 11.0. The summed E-state index contributed by atoms with van der Waals surface area (Å²) in [5.41, 5.74) is -0.134. The van der Waals surface area contributed by atoms with Crippen molar-refractivity contribution in [3.8, 4) is 5.75 Å². The van der Waals surface area contributed by atoms with Crippen LogP contribution in [0.15, 0.2) is 43.0 Å². The van der Waals surface area contributed by atoms with Gasteiger partial charge in [-0.05, 0) is 31.5 Å². The molecule has 2 rings (SSSR count). The highest BCUT2D eigenvalue weighted by Gasteiger charge is 2.29. The Hall–Kier alpha value is -2.30. The quantitative estimate of drug-likeness (QED) is 0.894. The van der Waals surface area contributed by atoms with E-state index in [1.54, 1.807) is 24.7 Å². The van der Waals surface area contributed by atoms with Gasteiger partial charge in [0.15, 0.2) is 5.60 Å². The predicted octanol–water partition coefficient (Wildman–Crippen LogP) is 2.17. The van der Waals surface area contributed by atoms with Crippen LogP contribution in [0, 0.1) is 0 Å². The SMILES string of the molecule is CC(C)(Oc1ccc(Cn2ccnc2)cc1)C(=O)O. The summed E-state index contributed by atoms with van der Waals surface area (Å²) in [6, 6.07) is 7.37. The Labute approximate surface area is 111 Å². The molecule has 0 atom stereocenters. The van der Waals surface area contributed by atoms with Crippen LogP contribution in [0.3, 0.4) is 0 Å². The Kier molecular flexibility index (Phi) is 3.55. The molecular weight excluding hydrogens is 244 g/mol. The summed E-state index contributed by atoms with van der Waals surface area (Å²) in [4.78, 5) is 14.9. The molecule has 1 N–H and O–H groups in total. The minimum Gasteiger partial charge on any atom is -0.478 e. The molecule has 0 spiro atoms. The molecule has 0 unspecified atom stereocenters. The first-order valence-electron chi connectivity index (χ1n) is 5.94. The molecule has 0 radical (unpaired) electrons. The molecule has 1 heterocycles. The number of ether oxygens (including phenoxy) is 1. The molecule has 0 amide bonds. The zero-order chi connectivity index (χ0) is 13.9. The normalized spacial score (nSPS) is 11.3. The van der Waals surface area contributed by atoms with E-state index in [1.165, 1.54) is 13.8 Å². The molecule has 0 aliphatic heterocycles. The Morgan fingerprint density at radius 2 is 2.05 bits per heavy atom. The summed E-state index contributed by atoms with van der Waals surface area (Å²) in [6.45, 7) is 3.77. The Morgan fingerprint density at radius 3 is 2.58 bits per heavy atom. The van der Waals surface area contributed by atoms with E-state index >= 15 is 0 Å². The van der Waals surface area contributed by atoms with Crippen molar-refractivity contribution in [2.45, 2.75) is 26.0 Å². The number of carboxylic acids is 1. The van der Waals surface area contributed by atoms with E-state index in [0.29, 0.717) is 5.75 Å². The highest BCUT2D eigenvalue weighted by atomic mass is 16.5. The topological polar surface area (TPSA) is 64.4 Å². The Morgan fingerprint density at radius 1 is 1.37 bits per heavy atom. The molecule has 0 bridgehead atoms. The van der Waals surface area contributed by atoms with E-state index in [4.69, 9.17) is 9.84 Å². The fourth-order valence-electron chi connectivity index (χ4n) is 1.59. The van der Waals surface area contributed by atoms with Gasteiger partial charge in [-0.2, -0.15) is 0 Å². The van der Waals surface area contributed by atoms with Gasteiger partial charge in [0, 0.05) is 18.9 Å². The molecule has 0 saturated heterocycles. The lowest BCUT2D eigenvalue weighted by molar-refractivity contribution is -0.152. The summed E-state index contributed by atoms with van der Waals surface area (Å²) in [7, 11) is 0. The van der Waals surface area contributed by atoms with Crippen LogP contribution in [0.1, 0.15) is 19.4 Å².